The van der Waals surface area contributed by atoms with Gasteiger partial charge in [0.1, 0.15) is 0 Å². The van der Waals surface area contributed by atoms with Crippen molar-refractivity contribution in [3.63, 3.8) is 0 Å². The maximum absolute atomic E-state index is 10.5. The maximum atomic E-state index is 10.5. The zero-order chi connectivity index (χ0) is 15.0. The molecular weight excluding hydrogens is 256 g/mol. The molecule has 0 radical (unpaired) electrons. The molecule has 20 heavy (non-hydrogen) atoms. The quantitative estimate of drug-likeness (QED) is 0.874. The molecule has 0 saturated heterocycles. The second-order valence-corrected chi connectivity index (χ2v) is 5.07. The highest BCUT2D eigenvalue weighted by Crippen LogP contribution is 2.25. The molecule has 1 saturated carbocycles. The lowest BCUT2D eigenvalue weighted by Gasteiger charge is -2.18. The summed E-state index contributed by atoms with van der Waals surface area (Å²) in [6.45, 7) is 2.32. The Morgan fingerprint density at radius 1 is 1.00 bits per heavy atom. The summed E-state index contributed by atoms with van der Waals surface area (Å²) >= 11 is 0. The topological polar surface area (TPSA) is 74.6 Å². The molecule has 0 unspecified atom stereocenters. The van der Waals surface area contributed by atoms with Gasteiger partial charge < -0.3 is 10.2 Å². The van der Waals surface area contributed by atoms with Crippen molar-refractivity contribution in [2.24, 2.45) is 5.92 Å². The lowest BCUT2D eigenvalue weighted by molar-refractivity contribution is 0.0651. The minimum absolute atomic E-state index is 0.190. The molecule has 0 atom stereocenters. The van der Waals surface area contributed by atoms with Gasteiger partial charge in [-0.1, -0.05) is 57.6 Å². The predicted octanol–water partition coefficient (Wildman–Crippen LogP) is 4.06. The average Bonchev–Trinajstić information content (AvgIpc) is 2.48. The van der Waals surface area contributed by atoms with E-state index in [-0.39, 0.29) is 11.1 Å². The van der Waals surface area contributed by atoms with Gasteiger partial charge in [0.05, 0.1) is 11.1 Å². The van der Waals surface area contributed by atoms with E-state index in [0.717, 1.165) is 5.92 Å². The molecule has 4 nitrogen and oxygen atoms in total. The first-order chi connectivity index (χ1) is 9.56. The molecule has 4 heteroatoms. The van der Waals surface area contributed by atoms with Crippen LogP contribution in [0, 0.1) is 5.92 Å². The third kappa shape index (κ3) is 5.03. The van der Waals surface area contributed by atoms with Crippen LogP contribution in [0.4, 0.5) is 0 Å². The zero-order valence-electron chi connectivity index (χ0n) is 11.8. The summed E-state index contributed by atoms with van der Waals surface area (Å²) < 4.78 is 0. The van der Waals surface area contributed by atoms with Gasteiger partial charge >= 0.3 is 11.9 Å². The molecule has 2 N–H and O–H groups in total. The lowest BCUT2D eigenvalue weighted by atomic mass is 9.88. The highest BCUT2D eigenvalue weighted by Gasteiger charge is 2.13. The second-order valence-electron chi connectivity index (χ2n) is 5.07. The van der Waals surface area contributed by atoms with E-state index in [4.69, 9.17) is 10.2 Å². The molecule has 0 bridgehead atoms. The smallest absolute Gasteiger partial charge is 0.336 e. The Hall–Kier alpha value is -1.84. The highest BCUT2D eigenvalue weighted by molar-refractivity contribution is 6.01. The van der Waals surface area contributed by atoms with E-state index in [2.05, 4.69) is 6.92 Å². The Morgan fingerprint density at radius 3 is 1.75 bits per heavy atom. The maximum Gasteiger partial charge on any atom is 0.336 e. The molecule has 1 fully saturated rings. The summed E-state index contributed by atoms with van der Waals surface area (Å²) in [6.07, 6.45) is 8.93. The number of rotatable bonds is 3. The van der Waals surface area contributed by atoms with Crippen LogP contribution in [0.1, 0.15) is 66.2 Å². The van der Waals surface area contributed by atoms with Gasteiger partial charge in [-0.25, -0.2) is 9.59 Å². The number of carboxylic acids is 2. The van der Waals surface area contributed by atoms with Gasteiger partial charge in [-0.05, 0) is 18.1 Å². The van der Waals surface area contributed by atoms with E-state index in [1.54, 1.807) is 0 Å². The fraction of sp³-hybridized carbons (Fsp3) is 0.500. The first kappa shape index (κ1) is 16.2. The monoisotopic (exact) mass is 278 g/mol. The van der Waals surface area contributed by atoms with Crippen molar-refractivity contribution in [2.45, 2.75) is 45.4 Å². The van der Waals surface area contributed by atoms with Gasteiger partial charge in [0.25, 0.3) is 0 Å². The highest BCUT2D eigenvalue weighted by atomic mass is 16.4. The van der Waals surface area contributed by atoms with Crippen molar-refractivity contribution in [1.29, 1.82) is 0 Å². The number of carbonyl (C=O) groups is 2. The van der Waals surface area contributed by atoms with E-state index in [1.807, 2.05) is 0 Å². The van der Waals surface area contributed by atoms with Crippen LogP contribution in [0.15, 0.2) is 24.3 Å². The summed E-state index contributed by atoms with van der Waals surface area (Å²) in [5, 5.41) is 17.1. The van der Waals surface area contributed by atoms with Crippen LogP contribution in [-0.2, 0) is 0 Å². The molecule has 1 aromatic rings. The van der Waals surface area contributed by atoms with Crippen LogP contribution in [0.25, 0.3) is 0 Å². The average molecular weight is 278 g/mol. The summed E-state index contributed by atoms with van der Waals surface area (Å²) in [6, 6.07) is 5.48. The zero-order valence-corrected chi connectivity index (χ0v) is 11.8. The largest absolute Gasteiger partial charge is 0.478 e. The number of carboxylic acid groups (broad SMARTS) is 2. The van der Waals surface area contributed by atoms with E-state index in [9.17, 15) is 9.59 Å². The van der Waals surface area contributed by atoms with Crippen LogP contribution >= 0.6 is 0 Å². The molecule has 110 valence electrons. The second kappa shape index (κ2) is 8.35. The van der Waals surface area contributed by atoms with Gasteiger partial charge in [-0.2, -0.15) is 0 Å². The lowest BCUT2D eigenvalue weighted by Crippen LogP contribution is -2.06. The van der Waals surface area contributed by atoms with E-state index < -0.39 is 11.9 Å². The van der Waals surface area contributed by atoms with Crippen LogP contribution < -0.4 is 0 Å². The Bertz CT molecular complexity index is 415. The first-order valence-electron chi connectivity index (χ1n) is 7.11. The summed E-state index contributed by atoms with van der Waals surface area (Å²) in [5.41, 5.74) is -0.380. The summed E-state index contributed by atoms with van der Waals surface area (Å²) in [5.74, 6) is -1.37. The first-order valence-corrected chi connectivity index (χ1v) is 7.11. The van der Waals surface area contributed by atoms with Gasteiger partial charge in [-0.15, -0.1) is 0 Å². The van der Waals surface area contributed by atoms with Crippen LogP contribution in [0.3, 0.4) is 0 Å². The predicted molar refractivity (Wildman–Crippen MR) is 77.2 cm³/mol. The van der Waals surface area contributed by atoms with Gasteiger partial charge in [0.2, 0.25) is 0 Å². The third-order valence-electron chi connectivity index (χ3n) is 3.69. The van der Waals surface area contributed by atoms with E-state index in [0.29, 0.717) is 0 Å². The van der Waals surface area contributed by atoms with E-state index >= 15 is 0 Å². The normalized spacial score (nSPS) is 15.1. The van der Waals surface area contributed by atoms with Crippen molar-refractivity contribution in [3.05, 3.63) is 35.4 Å². The third-order valence-corrected chi connectivity index (χ3v) is 3.69. The fourth-order valence-electron chi connectivity index (χ4n) is 2.45. The molecule has 1 aliphatic rings. The number of hydrogen-bond donors (Lipinski definition) is 2. The Labute approximate surface area is 119 Å². The minimum Gasteiger partial charge on any atom is -0.478 e. The summed E-state index contributed by atoms with van der Waals surface area (Å²) in [4.78, 5) is 20.9. The Balaban J connectivity index is 0.000000217. The van der Waals surface area contributed by atoms with Crippen LogP contribution in [-0.4, -0.2) is 22.2 Å². The molecular formula is C16H22O4. The van der Waals surface area contributed by atoms with Crippen molar-refractivity contribution in [1.82, 2.24) is 0 Å². The Kier molecular flexibility index (Phi) is 6.77. The van der Waals surface area contributed by atoms with Gasteiger partial charge in [0, 0.05) is 0 Å². The SMILES string of the molecule is CCC1CCCCC1.O=C(O)c1ccccc1C(=O)O. The minimum atomic E-state index is -1.23. The molecule has 0 amide bonds. The molecule has 1 aliphatic carbocycles. The molecule has 1 aromatic carbocycles. The molecule has 0 heterocycles. The number of aromatic carboxylic acids is 2. The van der Waals surface area contributed by atoms with Crippen molar-refractivity contribution < 1.29 is 19.8 Å². The fourth-order valence-corrected chi connectivity index (χ4v) is 2.45. The number of hydrogen-bond acceptors (Lipinski definition) is 2. The van der Waals surface area contributed by atoms with Crippen molar-refractivity contribution in [3.8, 4) is 0 Å². The number of benzene rings is 1. The Morgan fingerprint density at radius 2 is 1.45 bits per heavy atom. The molecule has 0 aromatic heterocycles. The van der Waals surface area contributed by atoms with Gasteiger partial charge in [-0.3, -0.25) is 0 Å². The van der Waals surface area contributed by atoms with Crippen molar-refractivity contribution >= 4 is 11.9 Å². The van der Waals surface area contributed by atoms with Crippen LogP contribution in [0.5, 0.6) is 0 Å². The molecule has 0 spiro atoms. The van der Waals surface area contributed by atoms with Crippen molar-refractivity contribution in [2.75, 3.05) is 0 Å². The van der Waals surface area contributed by atoms with Crippen LogP contribution in [0.2, 0.25) is 0 Å². The molecule has 2 rings (SSSR count). The standard InChI is InChI=1S/C8H6O4.C8H16/c9-7(10)5-3-1-2-4-6(5)8(11)12;1-2-8-6-4-3-5-7-8/h1-4H,(H,9,10)(H,11,12);8H,2-7H2,1H3. The molecule has 0 aliphatic heterocycles. The summed E-state index contributed by atoms with van der Waals surface area (Å²) in [7, 11) is 0. The van der Waals surface area contributed by atoms with Gasteiger partial charge in [0.15, 0.2) is 0 Å². The van der Waals surface area contributed by atoms with E-state index in [1.165, 1.54) is 62.8 Å².